The van der Waals surface area contributed by atoms with E-state index in [1.807, 2.05) is 18.4 Å². The minimum absolute atomic E-state index is 0.139. The van der Waals surface area contributed by atoms with E-state index < -0.39 is 5.91 Å². The number of carbonyl (C=O) groups is 1. The minimum Gasteiger partial charge on any atom is -0.482 e. The van der Waals surface area contributed by atoms with E-state index in [1.54, 1.807) is 12.1 Å². The number of carbonyl (C=O) groups excluding carboxylic acids is 1. The van der Waals surface area contributed by atoms with Crippen LogP contribution in [0.25, 0.3) is 0 Å². The average Bonchev–Trinajstić information content (AvgIpc) is 2.19. The van der Waals surface area contributed by atoms with E-state index in [0.717, 1.165) is 5.56 Å². The van der Waals surface area contributed by atoms with Crippen LogP contribution in [0, 0.1) is 6.92 Å². The molecule has 0 heterocycles. The van der Waals surface area contributed by atoms with Gasteiger partial charge in [-0.2, -0.15) is 0 Å². The van der Waals surface area contributed by atoms with Crippen molar-refractivity contribution in [2.75, 3.05) is 6.61 Å². The lowest BCUT2D eigenvalue weighted by Gasteiger charge is -2.07. The minimum atomic E-state index is -0.400. The van der Waals surface area contributed by atoms with Crippen LogP contribution in [0.2, 0.25) is 5.02 Å². The first-order valence-corrected chi connectivity index (χ1v) is 4.39. The molecule has 1 aromatic carbocycles. The molecule has 0 unspecified atom stereocenters. The van der Waals surface area contributed by atoms with Crippen molar-refractivity contribution in [1.82, 2.24) is 5.43 Å². The zero-order valence-corrected chi connectivity index (χ0v) is 8.47. The second kappa shape index (κ2) is 4.83. The second-order valence-corrected chi connectivity index (χ2v) is 3.20. The molecule has 76 valence electrons. The van der Waals surface area contributed by atoms with Crippen molar-refractivity contribution in [2.45, 2.75) is 6.92 Å². The lowest BCUT2D eigenvalue weighted by atomic mass is 10.2. The SMILES string of the molecule is Cc1ccc(Cl)c(OCC(=O)NN)c1. The number of nitrogens with one attached hydrogen (secondary N) is 1. The lowest BCUT2D eigenvalue weighted by molar-refractivity contribution is -0.123. The summed E-state index contributed by atoms with van der Waals surface area (Å²) in [7, 11) is 0. The maximum atomic E-state index is 10.8. The van der Waals surface area contributed by atoms with Gasteiger partial charge >= 0.3 is 0 Å². The van der Waals surface area contributed by atoms with Gasteiger partial charge in [0.2, 0.25) is 0 Å². The molecule has 0 aliphatic heterocycles. The Hall–Kier alpha value is -1.26. The highest BCUT2D eigenvalue weighted by Crippen LogP contribution is 2.24. The van der Waals surface area contributed by atoms with Gasteiger partial charge in [-0.3, -0.25) is 10.2 Å². The Bertz CT molecular complexity index is 342. The molecule has 4 nitrogen and oxygen atoms in total. The summed E-state index contributed by atoms with van der Waals surface area (Å²) in [5.74, 6) is 4.97. The van der Waals surface area contributed by atoms with Crippen molar-refractivity contribution in [1.29, 1.82) is 0 Å². The summed E-state index contributed by atoms with van der Waals surface area (Å²) < 4.78 is 5.15. The quantitative estimate of drug-likeness (QED) is 0.449. The Balaban J connectivity index is 2.66. The molecule has 0 aromatic heterocycles. The first kappa shape index (κ1) is 10.8. The summed E-state index contributed by atoms with van der Waals surface area (Å²) in [6.07, 6.45) is 0. The number of aryl methyl sites for hydroxylation is 1. The van der Waals surface area contributed by atoms with Gasteiger partial charge in [-0.1, -0.05) is 17.7 Å². The molecule has 0 spiro atoms. The van der Waals surface area contributed by atoms with Crippen molar-refractivity contribution in [2.24, 2.45) is 5.84 Å². The summed E-state index contributed by atoms with van der Waals surface area (Å²) in [5, 5.41) is 0.473. The van der Waals surface area contributed by atoms with E-state index in [2.05, 4.69) is 0 Å². The Kier molecular flexibility index (Phi) is 3.73. The normalized spacial score (nSPS) is 9.64. The largest absolute Gasteiger partial charge is 0.482 e. The number of nitrogens with two attached hydrogens (primary N) is 1. The van der Waals surface area contributed by atoms with Gasteiger partial charge in [0, 0.05) is 0 Å². The van der Waals surface area contributed by atoms with Crippen LogP contribution in [0.15, 0.2) is 18.2 Å². The van der Waals surface area contributed by atoms with E-state index in [4.69, 9.17) is 22.2 Å². The summed E-state index contributed by atoms with van der Waals surface area (Å²) in [6, 6.07) is 5.33. The second-order valence-electron chi connectivity index (χ2n) is 2.79. The van der Waals surface area contributed by atoms with Crippen molar-refractivity contribution in [3.63, 3.8) is 0 Å². The van der Waals surface area contributed by atoms with E-state index in [0.29, 0.717) is 10.8 Å². The molecule has 0 radical (unpaired) electrons. The maximum absolute atomic E-state index is 10.8. The number of halogens is 1. The number of hydrogen-bond donors (Lipinski definition) is 2. The molecule has 0 aliphatic rings. The van der Waals surface area contributed by atoms with Crippen molar-refractivity contribution in [3.05, 3.63) is 28.8 Å². The topological polar surface area (TPSA) is 64.3 Å². The molecule has 0 aliphatic carbocycles. The summed E-state index contributed by atoms with van der Waals surface area (Å²) in [4.78, 5) is 10.8. The molecule has 0 atom stereocenters. The standard InChI is InChI=1S/C9H11ClN2O2/c1-6-2-3-7(10)8(4-6)14-5-9(13)12-11/h2-4H,5,11H2,1H3,(H,12,13). The molecule has 0 saturated heterocycles. The molecule has 0 fully saturated rings. The summed E-state index contributed by atoms with van der Waals surface area (Å²) in [5.41, 5.74) is 2.97. The first-order chi connectivity index (χ1) is 6.63. The van der Waals surface area contributed by atoms with Gasteiger partial charge in [0.15, 0.2) is 6.61 Å². The molecule has 3 N–H and O–H groups in total. The smallest absolute Gasteiger partial charge is 0.271 e. The predicted molar refractivity (Wildman–Crippen MR) is 54.0 cm³/mol. The number of hydrogen-bond acceptors (Lipinski definition) is 3. The van der Waals surface area contributed by atoms with Gasteiger partial charge < -0.3 is 4.74 Å². The van der Waals surface area contributed by atoms with Crippen LogP contribution in [0.4, 0.5) is 0 Å². The molecule has 1 aromatic rings. The third kappa shape index (κ3) is 2.90. The fourth-order valence-corrected chi connectivity index (χ4v) is 1.08. The third-order valence-electron chi connectivity index (χ3n) is 1.61. The zero-order valence-electron chi connectivity index (χ0n) is 7.71. The van der Waals surface area contributed by atoms with Crippen LogP contribution in [0.1, 0.15) is 5.56 Å². The van der Waals surface area contributed by atoms with Gasteiger partial charge in [0.1, 0.15) is 5.75 Å². The van der Waals surface area contributed by atoms with Gasteiger partial charge in [-0.15, -0.1) is 0 Å². The fourth-order valence-electron chi connectivity index (χ4n) is 0.906. The molecular weight excluding hydrogens is 204 g/mol. The van der Waals surface area contributed by atoms with Crippen molar-refractivity contribution in [3.8, 4) is 5.75 Å². The van der Waals surface area contributed by atoms with E-state index in [1.165, 1.54) is 0 Å². The molecule has 0 bridgehead atoms. The van der Waals surface area contributed by atoms with E-state index in [9.17, 15) is 4.79 Å². The molecule has 0 saturated carbocycles. The Labute approximate surface area is 87.0 Å². The van der Waals surface area contributed by atoms with Crippen LogP contribution in [-0.2, 0) is 4.79 Å². The van der Waals surface area contributed by atoms with E-state index >= 15 is 0 Å². The molecule has 14 heavy (non-hydrogen) atoms. The molecule has 1 amide bonds. The first-order valence-electron chi connectivity index (χ1n) is 4.02. The Morgan fingerprint density at radius 2 is 2.36 bits per heavy atom. The Morgan fingerprint density at radius 3 is 3.00 bits per heavy atom. The highest BCUT2D eigenvalue weighted by molar-refractivity contribution is 6.32. The van der Waals surface area contributed by atoms with Crippen molar-refractivity contribution < 1.29 is 9.53 Å². The monoisotopic (exact) mass is 214 g/mol. The summed E-state index contributed by atoms with van der Waals surface area (Å²) in [6.45, 7) is 1.77. The summed E-state index contributed by atoms with van der Waals surface area (Å²) >= 11 is 5.83. The highest BCUT2D eigenvalue weighted by atomic mass is 35.5. The number of ether oxygens (including phenoxy) is 1. The van der Waals surface area contributed by atoms with Gasteiger partial charge in [0.05, 0.1) is 5.02 Å². The van der Waals surface area contributed by atoms with Crippen LogP contribution in [-0.4, -0.2) is 12.5 Å². The maximum Gasteiger partial charge on any atom is 0.271 e. The van der Waals surface area contributed by atoms with Gasteiger partial charge in [-0.25, -0.2) is 5.84 Å². The van der Waals surface area contributed by atoms with Crippen LogP contribution in [0.3, 0.4) is 0 Å². The molecule has 5 heteroatoms. The van der Waals surface area contributed by atoms with Crippen molar-refractivity contribution >= 4 is 17.5 Å². The average molecular weight is 215 g/mol. The molecular formula is C9H11ClN2O2. The predicted octanol–water partition coefficient (Wildman–Crippen LogP) is 1.02. The third-order valence-corrected chi connectivity index (χ3v) is 1.92. The van der Waals surface area contributed by atoms with Crippen LogP contribution < -0.4 is 16.0 Å². The van der Waals surface area contributed by atoms with Crippen LogP contribution >= 0.6 is 11.6 Å². The van der Waals surface area contributed by atoms with Gasteiger partial charge in [-0.05, 0) is 24.6 Å². The number of hydrazine groups is 1. The number of benzene rings is 1. The number of rotatable bonds is 3. The van der Waals surface area contributed by atoms with Crippen LogP contribution in [0.5, 0.6) is 5.75 Å². The Morgan fingerprint density at radius 1 is 1.64 bits per heavy atom. The fraction of sp³-hybridized carbons (Fsp3) is 0.222. The molecule has 1 rings (SSSR count). The zero-order chi connectivity index (χ0) is 10.6. The van der Waals surface area contributed by atoms with Gasteiger partial charge in [0.25, 0.3) is 5.91 Å². The van der Waals surface area contributed by atoms with E-state index in [-0.39, 0.29) is 6.61 Å². The highest BCUT2D eigenvalue weighted by Gasteiger charge is 2.04. The number of amides is 1. The lowest BCUT2D eigenvalue weighted by Crippen LogP contribution is -2.34.